The molecule has 3 nitrogen and oxygen atoms in total. The number of rotatable bonds is 3. The summed E-state index contributed by atoms with van der Waals surface area (Å²) < 4.78 is 6.27. The molecule has 0 saturated heterocycles. The van der Waals surface area contributed by atoms with Crippen LogP contribution in [0.15, 0.2) is 18.2 Å². The monoisotopic (exact) mass is 307 g/mol. The van der Waals surface area contributed by atoms with Gasteiger partial charge in [-0.15, -0.1) is 0 Å². The van der Waals surface area contributed by atoms with Crippen LogP contribution in [0.4, 0.5) is 0 Å². The zero-order chi connectivity index (χ0) is 10.8. The highest BCUT2D eigenvalue weighted by Gasteiger charge is 2.24. The number of hydrogen-bond acceptors (Lipinski definition) is 3. The van der Waals surface area contributed by atoms with Crippen molar-refractivity contribution in [1.29, 1.82) is 0 Å². The molecule has 1 aromatic carbocycles. The van der Waals surface area contributed by atoms with E-state index in [1.54, 1.807) is 14.0 Å². The third kappa shape index (κ3) is 2.37. The minimum absolute atomic E-state index is 0.108. The first-order chi connectivity index (χ1) is 6.51. The molecule has 0 saturated carbocycles. The van der Waals surface area contributed by atoms with Gasteiger partial charge in [-0.05, 0) is 47.7 Å². The number of halogens is 1. The lowest BCUT2D eigenvalue weighted by Crippen LogP contribution is -2.37. The normalized spacial score (nSPS) is 14.9. The zero-order valence-electron chi connectivity index (χ0n) is 8.25. The van der Waals surface area contributed by atoms with E-state index in [0.29, 0.717) is 5.75 Å². The minimum Gasteiger partial charge on any atom is -0.496 e. The van der Waals surface area contributed by atoms with Gasteiger partial charge in [-0.1, -0.05) is 0 Å². The van der Waals surface area contributed by atoms with Crippen molar-refractivity contribution in [2.45, 2.75) is 12.5 Å². The molecule has 0 bridgehead atoms. The van der Waals surface area contributed by atoms with E-state index in [0.717, 1.165) is 9.13 Å². The highest BCUT2D eigenvalue weighted by atomic mass is 127. The average molecular weight is 307 g/mol. The molecule has 78 valence electrons. The van der Waals surface area contributed by atoms with Crippen LogP contribution >= 0.6 is 22.6 Å². The van der Waals surface area contributed by atoms with Gasteiger partial charge in [0.1, 0.15) is 5.75 Å². The SMILES string of the molecule is COc1ccc(I)cc1C(C)(N)CO. The fourth-order valence-corrected chi connectivity index (χ4v) is 1.70. The molecule has 1 atom stereocenters. The van der Waals surface area contributed by atoms with Crippen LogP contribution in [0.2, 0.25) is 0 Å². The molecule has 4 heteroatoms. The van der Waals surface area contributed by atoms with Crippen LogP contribution in [0.1, 0.15) is 12.5 Å². The highest BCUT2D eigenvalue weighted by Crippen LogP contribution is 2.29. The Balaban J connectivity index is 3.23. The van der Waals surface area contributed by atoms with E-state index in [1.165, 1.54) is 0 Å². The Morgan fingerprint density at radius 3 is 2.71 bits per heavy atom. The number of aliphatic hydroxyl groups is 1. The molecule has 1 unspecified atom stereocenters. The van der Waals surface area contributed by atoms with Gasteiger partial charge < -0.3 is 15.6 Å². The van der Waals surface area contributed by atoms with Crippen molar-refractivity contribution >= 4 is 22.6 Å². The van der Waals surface area contributed by atoms with E-state index in [9.17, 15) is 5.11 Å². The predicted octanol–water partition coefficient (Wildman–Crippen LogP) is 1.47. The van der Waals surface area contributed by atoms with Crippen LogP contribution in [-0.4, -0.2) is 18.8 Å². The molecule has 14 heavy (non-hydrogen) atoms. The number of benzene rings is 1. The van der Waals surface area contributed by atoms with Crippen LogP contribution in [0.5, 0.6) is 5.75 Å². The summed E-state index contributed by atoms with van der Waals surface area (Å²) in [5.41, 5.74) is 6.02. The Morgan fingerprint density at radius 2 is 2.21 bits per heavy atom. The molecule has 3 N–H and O–H groups in total. The van der Waals surface area contributed by atoms with Crippen molar-refractivity contribution in [2.24, 2.45) is 5.73 Å². The van der Waals surface area contributed by atoms with E-state index < -0.39 is 5.54 Å². The van der Waals surface area contributed by atoms with Gasteiger partial charge >= 0.3 is 0 Å². The summed E-state index contributed by atoms with van der Waals surface area (Å²) in [6.07, 6.45) is 0. The average Bonchev–Trinajstić information content (AvgIpc) is 2.18. The molecule has 0 heterocycles. The maximum atomic E-state index is 9.18. The number of methoxy groups -OCH3 is 1. The van der Waals surface area contributed by atoms with Crippen LogP contribution in [0.25, 0.3) is 0 Å². The smallest absolute Gasteiger partial charge is 0.124 e. The molecule has 0 aliphatic carbocycles. The molecule has 0 amide bonds. The van der Waals surface area contributed by atoms with Crippen LogP contribution in [0, 0.1) is 3.57 Å². The Morgan fingerprint density at radius 1 is 1.57 bits per heavy atom. The summed E-state index contributed by atoms with van der Waals surface area (Å²) in [6, 6.07) is 5.73. The predicted molar refractivity (Wildman–Crippen MR) is 64.3 cm³/mol. The summed E-state index contributed by atoms with van der Waals surface area (Å²) in [6.45, 7) is 1.67. The first-order valence-corrected chi connectivity index (χ1v) is 5.33. The molecule has 0 radical (unpaired) electrons. The second-order valence-corrected chi connectivity index (χ2v) is 4.67. The van der Waals surface area contributed by atoms with Crippen molar-refractivity contribution in [3.8, 4) is 5.75 Å². The minimum atomic E-state index is -0.757. The quantitative estimate of drug-likeness (QED) is 0.832. The molecule has 0 fully saturated rings. The molecule has 1 rings (SSSR count). The van der Waals surface area contributed by atoms with Gasteiger partial charge in [-0.25, -0.2) is 0 Å². The highest BCUT2D eigenvalue weighted by molar-refractivity contribution is 14.1. The van der Waals surface area contributed by atoms with Gasteiger partial charge in [0.25, 0.3) is 0 Å². The van der Waals surface area contributed by atoms with Crippen molar-refractivity contribution in [1.82, 2.24) is 0 Å². The molecule has 0 aromatic heterocycles. The number of hydrogen-bond donors (Lipinski definition) is 2. The van der Waals surface area contributed by atoms with Crippen LogP contribution < -0.4 is 10.5 Å². The largest absolute Gasteiger partial charge is 0.496 e. The maximum Gasteiger partial charge on any atom is 0.124 e. The Kier molecular flexibility index (Phi) is 3.74. The van der Waals surface area contributed by atoms with Crippen LogP contribution in [-0.2, 0) is 5.54 Å². The standard InChI is InChI=1S/C10H14INO2/c1-10(12,6-13)8-5-7(11)3-4-9(8)14-2/h3-5,13H,6,12H2,1-2H3. The lowest BCUT2D eigenvalue weighted by atomic mass is 9.93. The van der Waals surface area contributed by atoms with Crippen molar-refractivity contribution in [3.05, 3.63) is 27.3 Å². The number of nitrogens with two attached hydrogens (primary N) is 1. The third-order valence-electron chi connectivity index (χ3n) is 2.11. The van der Waals surface area contributed by atoms with Gasteiger partial charge in [0.05, 0.1) is 19.3 Å². The number of ether oxygens (including phenoxy) is 1. The van der Waals surface area contributed by atoms with Gasteiger partial charge in [0, 0.05) is 9.13 Å². The lowest BCUT2D eigenvalue weighted by molar-refractivity contribution is 0.206. The fraction of sp³-hybridized carbons (Fsp3) is 0.400. The van der Waals surface area contributed by atoms with Gasteiger partial charge in [0.2, 0.25) is 0 Å². The third-order valence-corrected chi connectivity index (χ3v) is 2.78. The second kappa shape index (κ2) is 4.46. The summed E-state index contributed by atoms with van der Waals surface area (Å²) in [4.78, 5) is 0. The molecule has 1 aromatic rings. The molecular weight excluding hydrogens is 293 g/mol. The Hall–Kier alpha value is -0.330. The second-order valence-electron chi connectivity index (χ2n) is 3.42. The van der Waals surface area contributed by atoms with E-state index >= 15 is 0 Å². The summed E-state index contributed by atoms with van der Waals surface area (Å²) >= 11 is 2.20. The van der Waals surface area contributed by atoms with E-state index in [4.69, 9.17) is 10.5 Å². The van der Waals surface area contributed by atoms with Gasteiger partial charge in [-0.2, -0.15) is 0 Å². The fourth-order valence-electron chi connectivity index (χ4n) is 1.21. The first-order valence-electron chi connectivity index (χ1n) is 4.25. The molecule has 0 aliphatic rings. The molecule has 0 spiro atoms. The maximum absolute atomic E-state index is 9.18. The zero-order valence-corrected chi connectivity index (χ0v) is 10.4. The van der Waals surface area contributed by atoms with Gasteiger partial charge in [0.15, 0.2) is 0 Å². The Labute approximate surface area is 97.4 Å². The van der Waals surface area contributed by atoms with E-state index in [-0.39, 0.29) is 6.61 Å². The summed E-state index contributed by atoms with van der Waals surface area (Å²) in [7, 11) is 1.60. The van der Waals surface area contributed by atoms with Crippen molar-refractivity contribution in [2.75, 3.05) is 13.7 Å². The lowest BCUT2D eigenvalue weighted by Gasteiger charge is -2.24. The first kappa shape index (κ1) is 11.7. The van der Waals surface area contributed by atoms with E-state index in [1.807, 2.05) is 18.2 Å². The van der Waals surface area contributed by atoms with Gasteiger partial charge in [-0.3, -0.25) is 0 Å². The Bertz CT molecular complexity index is 326. The van der Waals surface area contributed by atoms with Crippen molar-refractivity contribution < 1.29 is 9.84 Å². The molecule has 0 aliphatic heterocycles. The summed E-state index contributed by atoms with van der Waals surface area (Å²) in [5, 5.41) is 9.18. The van der Waals surface area contributed by atoms with Crippen molar-refractivity contribution in [3.63, 3.8) is 0 Å². The molecular formula is C10H14INO2. The van der Waals surface area contributed by atoms with E-state index in [2.05, 4.69) is 22.6 Å². The number of aliphatic hydroxyl groups excluding tert-OH is 1. The van der Waals surface area contributed by atoms with Crippen LogP contribution in [0.3, 0.4) is 0 Å². The topological polar surface area (TPSA) is 55.5 Å². The summed E-state index contributed by atoms with van der Waals surface area (Å²) in [5.74, 6) is 0.712.